The van der Waals surface area contributed by atoms with Gasteiger partial charge in [0.2, 0.25) is 0 Å². The summed E-state index contributed by atoms with van der Waals surface area (Å²) in [5.41, 5.74) is 11.2. The normalized spacial score (nSPS) is 17.3. The Bertz CT molecular complexity index is 2300. The van der Waals surface area contributed by atoms with Gasteiger partial charge in [0.05, 0.1) is 17.2 Å². The molecule has 2 aliphatic rings. The minimum absolute atomic E-state index is 0.0235. The van der Waals surface area contributed by atoms with Crippen molar-refractivity contribution >= 4 is 50.3 Å². The Balaban J connectivity index is 1.35. The Kier molecular flexibility index (Phi) is 8.22. The molecule has 0 radical (unpaired) electrons. The van der Waals surface area contributed by atoms with Crippen molar-refractivity contribution in [2.24, 2.45) is 0 Å². The van der Waals surface area contributed by atoms with Gasteiger partial charge in [-0.15, -0.1) is 11.3 Å². The molecule has 234 valence electrons. The van der Waals surface area contributed by atoms with Crippen LogP contribution in [0.15, 0.2) is 146 Å². The van der Waals surface area contributed by atoms with Gasteiger partial charge in [-0.05, 0) is 70.0 Å². The van der Waals surface area contributed by atoms with E-state index in [9.17, 15) is 0 Å². The molecule has 3 heterocycles. The van der Waals surface area contributed by atoms with Crippen LogP contribution < -0.4 is 5.32 Å². The molecule has 2 atom stereocenters. The number of hydrogen-bond acceptors (Lipinski definition) is 3. The molecule has 3 heteroatoms. The van der Waals surface area contributed by atoms with Gasteiger partial charge >= 0.3 is 0 Å². The first-order valence-corrected chi connectivity index (χ1v) is 17.8. The molecule has 4 aromatic carbocycles. The van der Waals surface area contributed by atoms with Crippen molar-refractivity contribution in [1.82, 2.24) is 4.98 Å². The van der Waals surface area contributed by atoms with Crippen molar-refractivity contribution in [2.45, 2.75) is 38.6 Å². The Morgan fingerprint density at radius 3 is 2.56 bits per heavy atom. The first-order valence-electron chi connectivity index (χ1n) is 17.0. The molecule has 6 aromatic rings. The second-order valence-electron chi connectivity index (χ2n) is 12.5. The van der Waals surface area contributed by atoms with E-state index < -0.39 is 0 Å². The molecule has 2 nitrogen and oxygen atoms in total. The Morgan fingerprint density at radius 2 is 1.75 bits per heavy atom. The highest BCUT2D eigenvalue weighted by atomic mass is 32.1. The third kappa shape index (κ3) is 5.35. The van der Waals surface area contributed by atoms with Crippen molar-refractivity contribution in [3.63, 3.8) is 0 Å². The molecule has 0 fully saturated rings. The summed E-state index contributed by atoms with van der Waals surface area (Å²) in [6, 6.07) is 33.2. The summed E-state index contributed by atoms with van der Waals surface area (Å²) in [5, 5.41) is 7.56. The van der Waals surface area contributed by atoms with Crippen molar-refractivity contribution in [1.29, 1.82) is 0 Å². The van der Waals surface area contributed by atoms with Crippen LogP contribution in [-0.2, 0) is 0 Å². The van der Waals surface area contributed by atoms with Gasteiger partial charge in [-0.1, -0.05) is 147 Å². The van der Waals surface area contributed by atoms with Gasteiger partial charge in [-0.3, -0.25) is 4.98 Å². The van der Waals surface area contributed by atoms with Gasteiger partial charge in [0, 0.05) is 32.8 Å². The van der Waals surface area contributed by atoms with Crippen LogP contribution in [0.2, 0.25) is 0 Å². The van der Waals surface area contributed by atoms with E-state index in [2.05, 4.69) is 159 Å². The first kappa shape index (κ1) is 30.1. The number of rotatable bonds is 7. The lowest BCUT2D eigenvalue weighted by atomic mass is 9.82. The fourth-order valence-electron chi connectivity index (χ4n) is 7.26. The monoisotopic (exact) mass is 638 g/mol. The van der Waals surface area contributed by atoms with Crippen molar-refractivity contribution in [2.75, 3.05) is 5.32 Å². The van der Waals surface area contributed by atoms with E-state index in [-0.39, 0.29) is 12.0 Å². The van der Waals surface area contributed by atoms with Crippen LogP contribution in [0, 0.1) is 0 Å². The molecular weight excluding hydrogens is 601 g/mol. The molecule has 0 amide bonds. The molecule has 0 bridgehead atoms. The van der Waals surface area contributed by atoms with Gasteiger partial charge in [-0.25, -0.2) is 0 Å². The molecule has 1 aliphatic carbocycles. The molecule has 48 heavy (non-hydrogen) atoms. The first-order chi connectivity index (χ1) is 23.7. The van der Waals surface area contributed by atoms with E-state index >= 15 is 0 Å². The molecule has 2 aromatic heterocycles. The third-order valence-electron chi connectivity index (χ3n) is 9.58. The van der Waals surface area contributed by atoms with Gasteiger partial charge in [0.25, 0.3) is 0 Å². The summed E-state index contributed by atoms with van der Waals surface area (Å²) >= 11 is 1.94. The summed E-state index contributed by atoms with van der Waals surface area (Å²) in [7, 11) is 0. The highest BCUT2D eigenvalue weighted by molar-refractivity contribution is 7.17. The van der Waals surface area contributed by atoms with E-state index in [0.29, 0.717) is 0 Å². The average Bonchev–Trinajstić information content (AvgIpc) is 3.55. The molecule has 1 aliphatic heterocycles. The fraction of sp³-hybridized carbons (Fsp3) is 0.133. The number of anilines is 1. The van der Waals surface area contributed by atoms with Crippen molar-refractivity contribution < 1.29 is 0 Å². The molecule has 1 N–H and O–H groups in total. The minimum atomic E-state index is 0.0235. The summed E-state index contributed by atoms with van der Waals surface area (Å²) < 4.78 is 0. The lowest BCUT2D eigenvalue weighted by molar-refractivity contribution is 0.858. The molecule has 0 saturated heterocycles. The Hall–Kier alpha value is -5.25. The Labute approximate surface area is 287 Å². The smallest absolute Gasteiger partial charge is 0.0939 e. The lowest BCUT2D eigenvalue weighted by Gasteiger charge is -2.26. The SMILES string of the molecule is C/C=C(\C=C/CC)c1sc(-c2ccccc2)c(-c2ccc(C3C=Cc4ccc5cccnc5c4N3)c3ccccc23)c1C1C=CC=CC1. The predicted octanol–water partition coefficient (Wildman–Crippen LogP) is 12.9. The zero-order chi connectivity index (χ0) is 32.5. The van der Waals surface area contributed by atoms with E-state index in [1.165, 1.54) is 59.5 Å². The number of pyridine rings is 1. The minimum Gasteiger partial charge on any atom is -0.372 e. The van der Waals surface area contributed by atoms with Gasteiger partial charge in [0.1, 0.15) is 0 Å². The average molecular weight is 639 g/mol. The van der Waals surface area contributed by atoms with Crippen molar-refractivity contribution in [3.8, 4) is 21.6 Å². The van der Waals surface area contributed by atoms with Gasteiger partial charge in [0.15, 0.2) is 0 Å². The number of allylic oxidation sites excluding steroid dienone is 8. The topological polar surface area (TPSA) is 24.9 Å². The zero-order valence-electron chi connectivity index (χ0n) is 27.4. The maximum atomic E-state index is 4.76. The quantitative estimate of drug-likeness (QED) is 0.176. The van der Waals surface area contributed by atoms with Crippen LogP contribution in [0.5, 0.6) is 0 Å². The zero-order valence-corrected chi connectivity index (χ0v) is 28.2. The van der Waals surface area contributed by atoms with Crippen LogP contribution in [0.4, 0.5) is 5.69 Å². The number of nitrogens with zero attached hydrogens (tertiary/aromatic N) is 1. The third-order valence-corrected chi connectivity index (χ3v) is 10.9. The predicted molar refractivity (Wildman–Crippen MR) is 209 cm³/mol. The molecule has 8 rings (SSSR count). The van der Waals surface area contributed by atoms with Crippen LogP contribution in [0.1, 0.15) is 60.2 Å². The summed E-state index contributed by atoms with van der Waals surface area (Å²) in [6.45, 7) is 4.37. The number of aromatic nitrogens is 1. The van der Waals surface area contributed by atoms with Gasteiger partial charge in [-0.2, -0.15) is 0 Å². The Morgan fingerprint density at radius 1 is 0.896 bits per heavy atom. The number of fused-ring (bicyclic) bond motifs is 4. The molecule has 0 spiro atoms. The standard InChI is InChI=1S/C45H38N2S/c1-3-5-15-30(4-2)44-40(31-16-8-6-9-17-31)41(45(48-44)34-18-10-7-11-19-34)38-27-26-37(35-21-12-13-22-36(35)38)39-28-25-33-24-23-32-20-14-29-46-42(32)43(33)47-39/h4-16,18-29,31,39,47H,3,17H2,1-2H3/b15-5-,30-4+. The van der Waals surface area contributed by atoms with E-state index in [1.807, 2.05) is 23.6 Å². The second-order valence-corrected chi connectivity index (χ2v) is 13.5. The largest absolute Gasteiger partial charge is 0.372 e. The summed E-state index contributed by atoms with van der Waals surface area (Å²) in [5.74, 6) is 0.289. The second kappa shape index (κ2) is 13.1. The van der Waals surface area contributed by atoms with Crippen molar-refractivity contribution in [3.05, 3.63) is 167 Å². The van der Waals surface area contributed by atoms with Crippen LogP contribution in [-0.4, -0.2) is 4.98 Å². The van der Waals surface area contributed by atoms with Crippen LogP contribution >= 0.6 is 11.3 Å². The maximum absolute atomic E-state index is 4.76. The number of thiophene rings is 1. The number of benzene rings is 4. The molecule has 2 unspecified atom stereocenters. The van der Waals surface area contributed by atoms with E-state index in [0.717, 1.165) is 29.4 Å². The van der Waals surface area contributed by atoms with E-state index in [1.54, 1.807) is 0 Å². The summed E-state index contributed by atoms with van der Waals surface area (Å²) in [6.07, 6.45) is 24.4. The number of nitrogens with one attached hydrogen (secondary N) is 1. The summed E-state index contributed by atoms with van der Waals surface area (Å²) in [4.78, 5) is 7.45. The van der Waals surface area contributed by atoms with Crippen LogP contribution in [0.3, 0.4) is 0 Å². The van der Waals surface area contributed by atoms with Crippen LogP contribution in [0.25, 0.3) is 54.9 Å². The highest BCUT2D eigenvalue weighted by Crippen LogP contribution is 2.52. The lowest BCUT2D eigenvalue weighted by Crippen LogP contribution is -2.13. The van der Waals surface area contributed by atoms with Gasteiger partial charge < -0.3 is 5.32 Å². The highest BCUT2D eigenvalue weighted by Gasteiger charge is 2.28. The molecular formula is C45H38N2S. The fourth-order valence-corrected chi connectivity index (χ4v) is 8.71. The maximum Gasteiger partial charge on any atom is 0.0939 e. The van der Waals surface area contributed by atoms with E-state index in [4.69, 9.17) is 4.98 Å². The number of hydrogen-bond donors (Lipinski definition) is 1. The molecule has 0 saturated carbocycles.